The summed E-state index contributed by atoms with van der Waals surface area (Å²) in [5, 5.41) is 1.82. The quantitative estimate of drug-likeness (QED) is 0.534. The molecule has 0 aliphatic carbocycles. The first kappa shape index (κ1) is 21.5. The molecule has 6 rings (SSSR count). The number of carbonyl (C=O) groups is 3. The van der Waals surface area contributed by atoms with E-state index in [9.17, 15) is 14.4 Å². The van der Waals surface area contributed by atoms with Crippen molar-refractivity contribution in [3.63, 3.8) is 0 Å². The standard InChI is InChI=1S/C27H25N3O5/c1-34-22-11-10-16(12-23(22)35-2)13-24(31)28-15-18-14-21(28)25-26(32)30(27(33)29(18)25)20-9-5-7-17-6-3-4-8-19(17)20/h3-12,18,21,25H,13-15H2,1-2H3/t18-,21-,25-/m0/s1. The Kier molecular flexibility index (Phi) is 4.91. The van der Waals surface area contributed by atoms with E-state index in [1.807, 2.05) is 48.5 Å². The van der Waals surface area contributed by atoms with Crippen molar-refractivity contribution >= 4 is 34.3 Å². The van der Waals surface area contributed by atoms with E-state index >= 15 is 0 Å². The number of nitrogens with zero attached hydrogens (tertiary/aromatic N) is 3. The van der Waals surface area contributed by atoms with Crippen LogP contribution in [0.25, 0.3) is 10.8 Å². The van der Waals surface area contributed by atoms with Crippen LogP contribution < -0.4 is 14.4 Å². The van der Waals surface area contributed by atoms with Crippen LogP contribution in [0.3, 0.4) is 0 Å². The third kappa shape index (κ3) is 3.16. The number of hydrogen-bond acceptors (Lipinski definition) is 5. The average molecular weight is 472 g/mol. The van der Waals surface area contributed by atoms with Gasteiger partial charge in [-0.3, -0.25) is 9.59 Å². The highest BCUT2D eigenvalue weighted by Gasteiger charge is 2.62. The van der Waals surface area contributed by atoms with Crippen LogP contribution in [0.15, 0.2) is 60.7 Å². The number of methoxy groups -OCH3 is 2. The molecule has 0 aromatic heterocycles. The van der Waals surface area contributed by atoms with Crippen LogP contribution in [0, 0.1) is 0 Å². The van der Waals surface area contributed by atoms with Gasteiger partial charge in [0.2, 0.25) is 5.91 Å². The maximum Gasteiger partial charge on any atom is 0.332 e. The molecule has 3 aliphatic rings. The smallest absolute Gasteiger partial charge is 0.332 e. The van der Waals surface area contributed by atoms with Crippen molar-refractivity contribution in [1.82, 2.24) is 9.80 Å². The zero-order chi connectivity index (χ0) is 24.3. The maximum absolute atomic E-state index is 13.6. The van der Waals surface area contributed by atoms with Crippen LogP contribution in [-0.2, 0) is 16.0 Å². The summed E-state index contributed by atoms with van der Waals surface area (Å²) in [5.74, 6) is 0.841. The minimum atomic E-state index is -0.644. The highest BCUT2D eigenvalue weighted by molar-refractivity contribution is 6.25. The summed E-state index contributed by atoms with van der Waals surface area (Å²) in [6, 6.07) is 17.3. The van der Waals surface area contributed by atoms with E-state index in [1.165, 1.54) is 4.90 Å². The second-order valence-corrected chi connectivity index (χ2v) is 9.18. The van der Waals surface area contributed by atoms with Crippen molar-refractivity contribution in [1.29, 1.82) is 0 Å². The zero-order valence-electron chi connectivity index (χ0n) is 19.5. The summed E-state index contributed by atoms with van der Waals surface area (Å²) in [7, 11) is 3.12. The van der Waals surface area contributed by atoms with E-state index in [4.69, 9.17) is 9.47 Å². The van der Waals surface area contributed by atoms with Crippen LogP contribution >= 0.6 is 0 Å². The zero-order valence-corrected chi connectivity index (χ0v) is 19.5. The molecule has 8 nitrogen and oxygen atoms in total. The number of imide groups is 1. The number of ether oxygens (including phenoxy) is 2. The van der Waals surface area contributed by atoms with Gasteiger partial charge in [-0.25, -0.2) is 9.69 Å². The lowest BCUT2D eigenvalue weighted by atomic mass is 10.1. The van der Waals surface area contributed by atoms with E-state index in [0.717, 1.165) is 16.3 Å². The minimum absolute atomic E-state index is 0.0618. The normalized spacial score (nSPS) is 22.8. The molecule has 3 fully saturated rings. The molecule has 0 N–H and O–H groups in total. The predicted octanol–water partition coefficient (Wildman–Crippen LogP) is 3.22. The lowest BCUT2D eigenvalue weighted by Gasteiger charge is -2.35. The van der Waals surface area contributed by atoms with Crippen molar-refractivity contribution in [3.05, 3.63) is 66.2 Å². The molecule has 3 atom stereocenters. The van der Waals surface area contributed by atoms with Gasteiger partial charge in [-0.1, -0.05) is 42.5 Å². The fourth-order valence-corrected chi connectivity index (χ4v) is 5.84. The second-order valence-electron chi connectivity index (χ2n) is 9.18. The Bertz CT molecular complexity index is 1370. The minimum Gasteiger partial charge on any atom is -0.493 e. The number of anilines is 1. The van der Waals surface area contributed by atoms with Gasteiger partial charge in [0.15, 0.2) is 11.5 Å². The third-order valence-electron chi connectivity index (χ3n) is 7.40. The van der Waals surface area contributed by atoms with Crippen LogP contribution in [0.5, 0.6) is 11.5 Å². The highest BCUT2D eigenvalue weighted by atomic mass is 16.5. The van der Waals surface area contributed by atoms with Gasteiger partial charge in [0.1, 0.15) is 6.04 Å². The fraction of sp³-hybridized carbons (Fsp3) is 0.296. The van der Waals surface area contributed by atoms with E-state index in [2.05, 4.69) is 0 Å². The van der Waals surface area contributed by atoms with Gasteiger partial charge >= 0.3 is 6.03 Å². The number of amides is 4. The molecule has 2 bridgehead atoms. The molecule has 3 aromatic rings. The topological polar surface area (TPSA) is 79.4 Å². The van der Waals surface area contributed by atoms with Crippen LogP contribution in [-0.4, -0.2) is 66.5 Å². The summed E-state index contributed by atoms with van der Waals surface area (Å²) >= 11 is 0. The molecule has 178 valence electrons. The van der Waals surface area contributed by atoms with E-state index in [0.29, 0.717) is 30.2 Å². The average Bonchev–Trinajstić information content (AvgIpc) is 3.55. The highest BCUT2D eigenvalue weighted by Crippen LogP contribution is 2.43. The molecule has 3 saturated heterocycles. The number of rotatable bonds is 5. The molecular weight excluding hydrogens is 446 g/mol. The molecule has 0 saturated carbocycles. The first-order valence-electron chi connectivity index (χ1n) is 11.7. The Labute approximate surface area is 202 Å². The van der Waals surface area contributed by atoms with Crippen molar-refractivity contribution in [2.75, 3.05) is 25.7 Å². The maximum atomic E-state index is 13.6. The lowest BCUT2D eigenvalue weighted by molar-refractivity contribution is -0.135. The van der Waals surface area contributed by atoms with Crippen molar-refractivity contribution < 1.29 is 23.9 Å². The SMILES string of the molecule is COc1ccc(CC(=O)N2C[C@@H]3C[C@H]2[C@H]2C(=O)N(c4cccc5ccccc45)C(=O)N32)cc1OC. The predicted molar refractivity (Wildman–Crippen MR) is 130 cm³/mol. The monoisotopic (exact) mass is 471 g/mol. The molecule has 0 radical (unpaired) electrons. The van der Waals surface area contributed by atoms with Gasteiger partial charge in [-0.2, -0.15) is 0 Å². The van der Waals surface area contributed by atoms with Crippen LogP contribution in [0.1, 0.15) is 12.0 Å². The van der Waals surface area contributed by atoms with Gasteiger partial charge < -0.3 is 19.3 Å². The summed E-state index contributed by atoms with van der Waals surface area (Å²) in [5.41, 5.74) is 1.40. The Morgan fingerprint density at radius 2 is 1.74 bits per heavy atom. The summed E-state index contributed by atoms with van der Waals surface area (Å²) in [6.45, 7) is 0.440. The molecule has 3 heterocycles. The number of hydrogen-bond donors (Lipinski definition) is 0. The summed E-state index contributed by atoms with van der Waals surface area (Å²) in [4.78, 5) is 45.1. The van der Waals surface area contributed by atoms with Gasteiger partial charge in [-0.05, 0) is 35.6 Å². The van der Waals surface area contributed by atoms with Crippen LogP contribution in [0.2, 0.25) is 0 Å². The summed E-state index contributed by atoms with van der Waals surface area (Å²) < 4.78 is 10.6. The Hall–Kier alpha value is -4.07. The number of piperazine rings is 1. The molecule has 35 heavy (non-hydrogen) atoms. The molecule has 4 amide bonds. The van der Waals surface area contributed by atoms with Gasteiger partial charge in [0.05, 0.1) is 38.4 Å². The second kappa shape index (κ2) is 8.01. The molecular formula is C27H25N3O5. The van der Waals surface area contributed by atoms with E-state index < -0.39 is 6.04 Å². The van der Waals surface area contributed by atoms with Crippen molar-refractivity contribution in [3.8, 4) is 11.5 Å². The van der Waals surface area contributed by atoms with Gasteiger partial charge in [-0.15, -0.1) is 0 Å². The van der Waals surface area contributed by atoms with Crippen LogP contribution in [0.4, 0.5) is 10.5 Å². The van der Waals surface area contributed by atoms with Gasteiger partial charge in [0.25, 0.3) is 5.91 Å². The fourth-order valence-electron chi connectivity index (χ4n) is 5.84. The first-order chi connectivity index (χ1) is 17.0. The molecule has 8 heteroatoms. The first-order valence-corrected chi connectivity index (χ1v) is 11.7. The molecule has 0 spiro atoms. The lowest BCUT2D eigenvalue weighted by Crippen LogP contribution is -2.55. The molecule has 3 aromatic carbocycles. The Morgan fingerprint density at radius 3 is 2.54 bits per heavy atom. The number of fused-ring (bicyclic) bond motifs is 6. The number of likely N-dealkylation sites (tertiary alicyclic amines) is 1. The Morgan fingerprint density at radius 1 is 0.971 bits per heavy atom. The number of urea groups is 1. The molecule has 3 aliphatic heterocycles. The molecule has 0 unspecified atom stereocenters. The third-order valence-corrected chi connectivity index (χ3v) is 7.40. The van der Waals surface area contributed by atoms with Crippen molar-refractivity contribution in [2.24, 2.45) is 0 Å². The van der Waals surface area contributed by atoms with Crippen molar-refractivity contribution in [2.45, 2.75) is 31.0 Å². The number of benzene rings is 3. The van der Waals surface area contributed by atoms with E-state index in [1.54, 1.807) is 36.2 Å². The Balaban J connectivity index is 1.26. The summed E-state index contributed by atoms with van der Waals surface area (Å²) in [6.07, 6.45) is 0.814. The van der Waals surface area contributed by atoms with E-state index in [-0.39, 0.29) is 36.3 Å². The van der Waals surface area contributed by atoms with Gasteiger partial charge in [0, 0.05) is 11.9 Å². The number of carbonyl (C=O) groups excluding carboxylic acids is 3. The largest absolute Gasteiger partial charge is 0.493 e.